The highest BCUT2D eigenvalue weighted by molar-refractivity contribution is 7.47. The van der Waals surface area contributed by atoms with Crippen LogP contribution in [0.1, 0.15) is 414 Å². The van der Waals surface area contributed by atoms with Gasteiger partial charge in [-0.15, -0.1) is 0 Å². The minimum atomic E-state index is -4.96. The monoisotopic (exact) mass is 1440 g/mol. The van der Waals surface area contributed by atoms with E-state index in [4.69, 9.17) is 37.0 Å². The minimum absolute atomic E-state index is 0.108. The number of aliphatic hydroxyl groups is 1. The first-order chi connectivity index (χ1) is 47.4. The lowest BCUT2D eigenvalue weighted by atomic mass is 10.0. The Balaban J connectivity index is 5.27. The van der Waals surface area contributed by atoms with Gasteiger partial charge in [-0.2, -0.15) is 0 Å². The molecule has 0 spiro atoms. The van der Waals surface area contributed by atoms with E-state index in [0.717, 1.165) is 102 Å². The van der Waals surface area contributed by atoms with Gasteiger partial charge in [-0.3, -0.25) is 37.3 Å². The van der Waals surface area contributed by atoms with E-state index in [2.05, 4.69) is 41.5 Å². The molecule has 5 atom stereocenters. The van der Waals surface area contributed by atoms with Gasteiger partial charge in [-0.25, -0.2) is 9.13 Å². The molecule has 0 amide bonds. The van der Waals surface area contributed by atoms with Gasteiger partial charge >= 0.3 is 39.5 Å². The van der Waals surface area contributed by atoms with E-state index >= 15 is 0 Å². The lowest BCUT2D eigenvalue weighted by Crippen LogP contribution is -2.30. The average Bonchev–Trinajstić information content (AvgIpc) is 1.18. The quantitative estimate of drug-likeness (QED) is 0.0222. The average molecular weight is 1440 g/mol. The topological polar surface area (TPSA) is 237 Å². The Kier molecular flexibility index (Phi) is 69.3. The first-order valence-corrected chi connectivity index (χ1v) is 44.0. The second-order valence-corrected chi connectivity index (χ2v) is 32.3. The molecule has 0 aliphatic carbocycles. The number of unbranched alkanes of at least 4 members (excludes halogenated alkanes) is 48. The van der Waals surface area contributed by atoms with Crippen molar-refractivity contribution in [2.24, 2.45) is 11.8 Å². The van der Waals surface area contributed by atoms with Gasteiger partial charge in [0.25, 0.3) is 0 Å². The molecule has 0 saturated heterocycles. The molecule has 0 heterocycles. The van der Waals surface area contributed by atoms with E-state index < -0.39 is 97.5 Å². The van der Waals surface area contributed by atoms with Crippen LogP contribution >= 0.6 is 15.6 Å². The number of carbonyl (C=O) groups excluding carboxylic acids is 4. The maximum Gasteiger partial charge on any atom is 0.472 e. The third kappa shape index (κ3) is 72.4. The van der Waals surface area contributed by atoms with E-state index in [1.165, 1.54) is 231 Å². The number of phosphoric ester groups is 2. The zero-order valence-corrected chi connectivity index (χ0v) is 65.9. The number of carbonyl (C=O) groups is 4. The number of phosphoric acid groups is 2. The summed E-state index contributed by atoms with van der Waals surface area (Å²) in [6.45, 7) is 9.63. The summed E-state index contributed by atoms with van der Waals surface area (Å²) in [4.78, 5) is 73.0. The van der Waals surface area contributed by atoms with Crippen LogP contribution in [0.5, 0.6) is 0 Å². The van der Waals surface area contributed by atoms with Crippen LogP contribution < -0.4 is 0 Å². The first kappa shape index (κ1) is 96.1. The number of aliphatic hydroxyl groups excluding tert-OH is 1. The van der Waals surface area contributed by atoms with E-state index in [0.29, 0.717) is 25.7 Å². The molecular weight excluding hydrogens is 1280 g/mol. The Morgan fingerprint density at radius 2 is 0.469 bits per heavy atom. The molecule has 0 aromatic carbocycles. The summed E-state index contributed by atoms with van der Waals surface area (Å²) in [5.74, 6) is -0.583. The number of rotatable bonds is 78. The molecule has 3 N–H and O–H groups in total. The second kappa shape index (κ2) is 70.7. The molecule has 0 fully saturated rings. The number of hydrogen-bond donors (Lipinski definition) is 3. The lowest BCUT2D eigenvalue weighted by Gasteiger charge is -2.21. The van der Waals surface area contributed by atoms with Gasteiger partial charge in [0, 0.05) is 25.7 Å². The smallest absolute Gasteiger partial charge is 0.462 e. The Morgan fingerprint density at radius 3 is 0.694 bits per heavy atom. The molecule has 0 radical (unpaired) electrons. The maximum atomic E-state index is 13.1. The van der Waals surface area contributed by atoms with Crippen LogP contribution in [0.25, 0.3) is 0 Å². The van der Waals surface area contributed by atoms with Crippen molar-refractivity contribution >= 4 is 39.5 Å². The minimum Gasteiger partial charge on any atom is -0.462 e. The zero-order chi connectivity index (χ0) is 72.1. The van der Waals surface area contributed by atoms with Crippen molar-refractivity contribution in [1.29, 1.82) is 0 Å². The summed E-state index contributed by atoms with van der Waals surface area (Å²) in [7, 11) is -9.92. The summed E-state index contributed by atoms with van der Waals surface area (Å²) in [5, 5.41) is 10.6. The molecule has 582 valence electrons. The predicted molar refractivity (Wildman–Crippen MR) is 400 cm³/mol. The Morgan fingerprint density at radius 1 is 0.276 bits per heavy atom. The highest BCUT2D eigenvalue weighted by Gasteiger charge is 2.30. The number of ether oxygens (including phenoxy) is 4. The molecule has 2 unspecified atom stereocenters. The molecule has 0 aliphatic heterocycles. The van der Waals surface area contributed by atoms with Gasteiger partial charge in [0.2, 0.25) is 0 Å². The largest absolute Gasteiger partial charge is 0.472 e. The van der Waals surface area contributed by atoms with E-state index in [-0.39, 0.29) is 25.7 Å². The molecule has 0 saturated carbocycles. The molecular formula is C79H154O17P2. The summed E-state index contributed by atoms with van der Waals surface area (Å²) in [6.07, 6.45) is 59.5. The SMILES string of the molecule is CCCCCCCCCCCCCCCCCCC(=O)O[C@H](COC(=O)CCCCCCCCCCCCCCC(C)C)COP(=O)(O)OC[C@@H](O)COP(=O)(O)OC[C@@H](COC(=O)CCCCCCCCCCCC(C)C)OC(=O)CCCCCCCCCCCCCCCCC. The van der Waals surface area contributed by atoms with Crippen molar-refractivity contribution in [2.45, 2.75) is 432 Å². The Labute approximate surface area is 600 Å². The van der Waals surface area contributed by atoms with Crippen LogP contribution in [0.15, 0.2) is 0 Å². The van der Waals surface area contributed by atoms with Crippen molar-refractivity contribution in [3.8, 4) is 0 Å². The van der Waals surface area contributed by atoms with Crippen LogP contribution in [0.4, 0.5) is 0 Å². The van der Waals surface area contributed by atoms with Gasteiger partial charge in [0.05, 0.1) is 26.4 Å². The predicted octanol–water partition coefficient (Wildman–Crippen LogP) is 23.5. The molecule has 17 nitrogen and oxygen atoms in total. The van der Waals surface area contributed by atoms with Gasteiger partial charge < -0.3 is 33.8 Å². The fraction of sp³-hybridized carbons (Fsp3) is 0.949. The Hall–Kier alpha value is -1.94. The van der Waals surface area contributed by atoms with E-state index in [9.17, 15) is 43.2 Å². The van der Waals surface area contributed by atoms with Crippen LogP contribution in [-0.4, -0.2) is 96.7 Å². The lowest BCUT2D eigenvalue weighted by molar-refractivity contribution is -0.161. The van der Waals surface area contributed by atoms with Crippen molar-refractivity contribution in [1.82, 2.24) is 0 Å². The van der Waals surface area contributed by atoms with Crippen molar-refractivity contribution < 1.29 is 80.2 Å². The number of esters is 4. The van der Waals surface area contributed by atoms with Crippen molar-refractivity contribution in [2.75, 3.05) is 39.6 Å². The molecule has 98 heavy (non-hydrogen) atoms. The van der Waals surface area contributed by atoms with Gasteiger partial charge in [-0.1, -0.05) is 363 Å². The summed E-state index contributed by atoms with van der Waals surface area (Å²) in [6, 6.07) is 0. The second-order valence-electron chi connectivity index (χ2n) is 29.4. The van der Waals surface area contributed by atoms with Crippen LogP contribution in [-0.2, 0) is 65.4 Å². The fourth-order valence-electron chi connectivity index (χ4n) is 12.2. The van der Waals surface area contributed by atoms with Crippen LogP contribution in [0.3, 0.4) is 0 Å². The standard InChI is InChI=1S/C79H154O17P2/c1-7-9-11-13-15-17-19-21-23-25-27-33-39-46-52-58-64-79(84)95-74(67-89-76(81)61-55-49-43-37-31-29-28-30-35-41-47-53-59-71(3)4)69-93-97(85,86)91-65-73(80)66-92-98(87,88)94-70-75(68-90-77(82)62-56-50-44-40-34-36-42-48-54-60-72(5)6)96-78(83)63-57-51-45-38-32-26-24-22-20-18-16-14-12-10-8-2/h71-75,80H,7-70H2,1-6H3,(H,85,86)(H,87,88)/t73-,74-,75-/m1/s1. The fourth-order valence-corrected chi connectivity index (χ4v) is 13.8. The zero-order valence-electron chi connectivity index (χ0n) is 64.1. The molecule has 0 rings (SSSR count). The normalized spacial score (nSPS) is 13.9. The molecule has 0 aromatic rings. The van der Waals surface area contributed by atoms with Gasteiger partial charge in [0.1, 0.15) is 19.3 Å². The molecule has 0 aromatic heterocycles. The maximum absolute atomic E-state index is 13.1. The summed E-state index contributed by atoms with van der Waals surface area (Å²) < 4.78 is 68.7. The first-order valence-electron chi connectivity index (χ1n) is 41.0. The van der Waals surface area contributed by atoms with Crippen LogP contribution in [0, 0.1) is 11.8 Å². The molecule has 0 bridgehead atoms. The highest BCUT2D eigenvalue weighted by Crippen LogP contribution is 2.45. The van der Waals surface area contributed by atoms with E-state index in [1.807, 2.05) is 0 Å². The Bertz CT molecular complexity index is 1890. The van der Waals surface area contributed by atoms with E-state index in [1.54, 1.807) is 0 Å². The van der Waals surface area contributed by atoms with Gasteiger partial charge in [0.15, 0.2) is 12.2 Å². The third-order valence-corrected chi connectivity index (χ3v) is 20.4. The molecule has 0 aliphatic rings. The molecule has 19 heteroatoms. The summed E-state index contributed by atoms with van der Waals surface area (Å²) in [5.41, 5.74) is 0. The number of hydrogen-bond acceptors (Lipinski definition) is 15. The van der Waals surface area contributed by atoms with Gasteiger partial charge in [-0.05, 0) is 37.5 Å². The van der Waals surface area contributed by atoms with Crippen molar-refractivity contribution in [3.63, 3.8) is 0 Å². The summed E-state index contributed by atoms with van der Waals surface area (Å²) >= 11 is 0. The third-order valence-electron chi connectivity index (χ3n) is 18.5. The highest BCUT2D eigenvalue weighted by atomic mass is 31.2. The van der Waals surface area contributed by atoms with Crippen LogP contribution in [0.2, 0.25) is 0 Å². The van der Waals surface area contributed by atoms with Crippen molar-refractivity contribution in [3.05, 3.63) is 0 Å².